The smallest absolute Gasteiger partial charge is 0.258 e. The van der Waals surface area contributed by atoms with Crippen molar-refractivity contribution in [2.45, 2.75) is 28.7 Å². The summed E-state index contributed by atoms with van der Waals surface area (Å²) in [5.74, 6) is -2.28. The standard InChI is InChI=1S/C21H16Cl2FNO4/c1-2-12-9-10-20(22)18(27)25(14-5-3-13(24)4-6-14)19(28)21(20,23)17(12)16-8-7-15(11-26)29-16/h2-9,17,26H,1,10-11H2/t17-,20-,21+/m1/s1. The molecule has 1 aliphatic carbocycles. The van der Waals surface area contributed by atoms with Gasteiger partial charge in [-0.1, -0.05) is 18.7 Å². The van der Waals surface area contributed by atoms with Gasteiger partial charge >= 0.3 is 0 Å². The normalized spacial score (nSPS) is 29.0. The maximum atomic E-state index is 13.5. The minimum absolute atomic E-state index is 0.00570. The van der Waals surface area contributed by atoms with Gasteiger partial charge < -0.3 is 9.52 Å². The number of benzene rings is 1. The van der Waals surface area contributed by atoms with Crippen LogP contribution in [0.3, 0.4) is 0 Å². The van der Waals surface area contributed by atoms with Crippen molar-refractivity contribution in [1.29, 1.82) is 0 Å². The lowest BCUT2D eigenvalue weighted by Gasteiger charge is -2.41. The van der Waals surface area contributed by atoms with Gasteiger partial charge in [0.15, 0.2) is 9.75 Å². The molecule has 0 spiro atoms. The lowest BCUT2D eigenvalue weighted by Crippen LogP contribution is -2.54. The minimum atomic E-state index is -1.90. The first kappa shape index (κ1) is 19.9. The zero-order valence-corrected chi connectivity index (χ0v) is 16.6. The predicted molar refractivity (Wildman–Crippen MR) is 106 cm³/mol. The number of amides is 2. The van der Waals surface area contributed by atoms with Crippen LogP contribution in [-0.4, -0.2) is 26.7 Å². The summed E-state index contributed by atoms with van der Waals surface area (Å²) in [7, 11) is 0. The van der Waals surface area contributed by atoms with Crippen molar-refractivity contribution in [3.8, 4) is 0 Å². The van der Waals surface area contributed by atoms with Gasteiger partial charge in [0.05, 0.1) is 11.6 Å². The summed E-state index contributed by atoms with van der Waals surface area (Å²) in [6.45, 7) is 3.44. The van der Waals surface area contributed by atoms with Crippen molar-refractivity contribution >= 4 is 40.7 Å². The Bertz CT molecular complexity index is 1050. The quantitative estimate of drug-likeness (QED) is 0.580. The van der Waals surface area contributed by atoms with Crippen LogP contribution in [0.2, 0.25) is 0 Å². The fourth-order valence-corrected chi connectivity index (χ4v) is 4.80. The summed E-state index contributed by atoms with van der Waals surface area (Å²) in [6, 6.07) is 8.06. The Hall–Kier alpha value is -2.41. The van der Waals surface area contributed by atoms with Crippen molar-refractivity contribution in [2.75, 3.05) is 4.90 Å². The number of carbonyl (C=O) groups excluding carboxylic acids is 2. The monoisotopic (exact) mass is 435 g/mol. The number of hydrogen-bond acceptors (Lipinski definition) is 4. The van der Waals surface area contributed by atoms with Crippen LogP contribution in [0.5, 0.6) is 0 Å². The highest BCUT2D eigenvalue weighted by Gasteiger charge is 2.73. The van der Waals surface area contributed by atoms with Crippen molar-refractivity contribution in [3.05, 3.63) is 78.0 Å². The predicted octanol–water partition coefficient (Wildman–Crippen LogP) is 4.04. The Balaban J connectivity index is 1.89. The zero-order valence-electron chi connectivity index (χ0n) is 15.1. The molecule has 2 aliphatic rings. The fourth-order valence-electron chi connectivity index (χ4n) is 3.97. The minimum Gasteiger partial charge on any atom is -0.463 e. The van der Waals surface area contributed by atoms with Gasteiger partial charge in [-0.3, -0.25) is 9.59 Å². The van der Waals surface area contributed by atoms with Crippen molar-refractivity contribution in [1.82, 2.24) is 0 Å². The number of aliphatic hydroxyl groups excluding tert-OH is 1. The van der Waals surface area contributed by atoms with Gasteiger partial charge in [-0.05, 0) is 48.4 Å². The first-order chi connectivity index (χ1) is 13.8. The van der Waals surface area contributed by atoms with Gasteiger partial charge in [0.1, 0.15) is 23.9 Å². The number of furan rings is 1. The van der Waals surface area contributed by atoms with E-state index in [0.717, 1.165) is 17.0 Å². The van der Waals surface area contributed by atoms with Gasteiger partial charge in [0, 0.05) is 0 Å². The van der Waals surface area contributed by atoms with E-state index in [1.54, 1.807) is 18.2 Å². The second-order valence-corrected chi connectivity index (χ2v) is 8.18. The first-order valence-electron chi connectivity index (χ1n) is 8.82. The summed E-state index contributed by atoms with van der Waals surface area (Å²) >= 11 is 13.7. The van der Waals surface area contributed by atoms with Crippen LogP contribution >= 0.6 is 23.2 Å². The molecule has 1 N–H and O–H groups in total. The third-order valence-electron chi connectivity index (χ3n) is 5.43. The number of nitrogens with zero attached hydrogens (tertiary/aromatic N) is 1. The lowest BCUT2D eigenvalue weighted by molar-refractivity contribution is -0.122. The highest BCUT2D eigenvalue weighted by Crippen LogP contribution is 2.59. The van der Waals surface area contributed by atoms with E-state index >= 15 is 0 Å². The maximum absolute atomic E-state index is 13.5. The summed E-state index contributed by atoms with van der Waals surface area (Å²) in [5.41, 5.74) is 0.752. The molecule has 5 nitrogen and oxygen atoms in total. The number of hydrogen-bond donors (Lipinski definition) is 1. The summed E-state index contributed by atoms with van der Waals surface area (Å²) in [5, 5.41) is 9.33. The Morgan fingerprint density at radius 1 is 1.21 bits per heavy atom. The van der Waals surface area contributed by atoms with Gasteiger partial charge in [-0.2, -0.15) is 0 Å². The highest BCUT2D eigenvalue weighted by atomic mass is 35.5. The van der Waals surface area contributed by atoms with Gasteiger partial charge in [-0.15, -0.1) is 23.2 Å². The number of carbonyl (C=O) groups is 2. The first-order valence-corrected chi connectivity index (χ1v) is 9.58. The molecule has 0 bridgehead atoms. The van der Waals surface area contributed by atoms with Crippen molar-refractivity contribution < 1.29 is 23.5 Å². The SMILES string of the molecule is C=CC1=CC[C@@]2(Cl)C(=O)N(c3ccc(F)cc3)C(=O)[C@@]2(Cl)[C@H]1c1ccc(CO)o1. The molecule has 8 heteroatoms. The number of allylic oxidation sites excluding steroid dienone is 3. The Labute approximate surface area is 176 Å². The average molecular weight is 436 g/mol. The molecule has 1 aliphatic heterocycles. The van der Waals surface area contributed by atoms with E-state index in [1.807, 2.05) is 0 Å². The second-order valence-electron chi connectivity index (χ2n) is 6.94. The summed E-state index contributed by atoms with van der Waals surface area (Å²) in [6.07, 6.45) is 3.24. The van der Waals surface area contributed by atoms with Gasteiger partial charge in [0.2, 0.25) is 0 Å². The van der Waals surface area contributed by atoms with E-state index in [0.29, 0.717) is 5.57 Å². The molecule has 2 aromatic rings. The van der Waals surface area contributed by atoms with Crippen LogP contribution in [0.15, 0.2) is 65.1 Å². The summed E-state index contributed by atoms with van der Waals surface area (Å²) in [4.78, 5) is 24.0. The van der Waals surface area contributed by atoms with Crippen molar-refractivity contribution in [3.63, 3.8) is 0 Å². The molecule has 0 saturated carbocycles. The number of halogens is 3. The van der Waals surface area contributed by atoms with Gasteiger partial charge in [0.25, 0.3) is 11.8 Å². The Morgan fingerprint density at radius 2 is 1.90 bits per heavy atom. The summed E-state index contributed by atoms with van der Waals surface area (Å²) < 4.78 is 19.0. The highest BCUT2D eigenvalue weighted by molar-refractivity contribution is 6.58. The molecule has 4 rings (SSSR count). The molecule has 2 amide bonds. The second kappa shape index (κ2) is 6.83. The number of alkyl halides is 2. The fraction of sp³-hybridized carbons (Fsp3) is 0.238. The third-order valence-corrected chi connectivity index (χ3v) is 6.84. The van der Waals surface area contributed by atoms with E-state index < -0.39 is 33.3 Å². The molecule has 0 radical (unpaired) electrons. The van der Waals surface area contributed by atoms with E-state index in [-0.39, 0.29) is 30.2 Å². The molecule has 2 heterocycles. The average Bonchev–Trinajstić information content (AvgIpc) is 3.24. The number of aliphatic hydroxyl groups is 1. The molecular weight excluding hydrogens is 420 g/mol. The van der Waals surface area contributed by atoms with Crippen LogP contribution in [-0.2, 0) is 16.2 Å². The van der Waals surface area contributed by atoms with Crippen LogP contribution in [0.4, 0.5) is 10.1 Å². The van der Waals surface area contributed by atoms with E-state index in [2.05, 4.69) is 6.58 Å². The molecule has 0 unspecified atom stereocenters. The molecule has 1 aromatic heterocycles. The number of fused-ring (bicyclic) bond motifs is 1. The number of imide groups is 1. The van der Waals surface area contributed by atoms with Gasteiger partial charge in [-0.25, -0.2) is 9.29 Å². The number of anilines is 1. The van der Waals surface area contributed by atoms with E-state index in [9.17, 15) is 19.1 Å². The van der Waals surface area contributed by atoms with Crippen LogP contribution in [0, 0.1) is 5.82 Å². The lowest BCUT2D eigenvalue weighted by atomic mass is 9.70. The third kappa shape index (κ3) is 2.63. The molecule has 1 fully saturated rings. The molecule has 3 atom stereocenters. The van der Waals surface area contributed by atoms with Crippen LogP contribution in [0.25, 0.3) is 0 Å². The Kier molecular flexibility index (Phi) is 4.69. The molecule has 1 saturated heterocycles. The zero-order chi connectivity index (χ0) is 21.0. The van der Waals surface area contributed by atoms with E-state index in [4.69, 9.17) is 27.6 Å². The largest absolute Gasteiger partial charge is 0.463 e. The van der Waals surface area contributed by atoms with Crippen molar-refractivity contribution in [2.24, 2.45) is 0 Å². The maximum Gasteiger partial charge on any atom is 0.258 e. The molecule has 1 aromatic carbocycles. The van der Waals surface area contributed by atoms with Crippen LogP contribution < -0.4 is 4.90 Å². The Morgan fingerprint density at radius 3 is 2.48 bits per heavy atom. The molecule has 29 heavy (non-hydrogen) atoms. The van der Waals surface area contributed by atoms with Crippen LogP contribution in [0.1, 0.15) is 23.9 Å². The molecular formula is C21H16Cl2FNO4. The topological polar surface area (TPSA) is 70.8 Å². The number of rotatable bonds is 4. The molecule has 150 valence electrons. The van der Waals surface area contributed by atoms with E-state index in [1.165, 1.54) is 18.2 Å².